The molecule has 2 rings (SSSR count). The number of rotatable bonds is 6. The van der Waals surface area contributed by atoms with Gasteiger partial charge >= 0.3 is 0 Å². The maximum absolute atomic E-state index is 10.0. The smallest absolute Gasteiger partial charge is 0.132 e. The van der Waals surface area contributed by atoms with Crippen LogP contribution in [0.4, 0.5) is 0 Å². The van der Waals surface area contributed by atoms with E-state index in [4.69, 9.17) is 4.42 Å². The largest absolute Gasteiger partial charge is 0.467 e. The highest BCUT2D eigenvalue weighted by atomic mass is 79.9. The van der Waals surface area contributed by atoms with Crippen molar-refractivity contribution in [2.75, 3.05) is 0 Å². The first-order chi connectivity index (χ1) is 9.06. The lowest BCUT2D eigenvalue weighted by Crippen LogP contribution is -2.30. The fraction of sp³-hybridized carbons (Fsp3) is 0.429. The molecule has 0 saturated heterocycles. The van der Waals surface area contributed by atoms with E-state index in [-0.39, 0.29) is 12.1 Å². The molecule has 5 heteroatoms. The molecule has 0 spiro atoms. The Morgan fingerprint density at radius 3 is 2.74 bits per heavy atom. The van der Waals surface area contributed by atoms with Crippen molar-refractivity contribution in [1.82, 2.24) is 5.32 Å². The van der Waals surface area contributed by atoms with Crippen LogP contribution in [0.3, 0.4) is 0 Å². The Bertz CT molecular complexity index is 497. The summed E-state index contributed by atoms with van der Waals surface area (Å²) in [6, 6.07) is 8.24. The van der Waals surface area contributed by atoms with Gasteiger partial charge in [0.2, 0.25) is 0 Å². The van der Waals surface area contributed by atoms with Crippen LogP contribution >= 0.6 is 27.3 Å². The van der Waals surface area contributed by atoms with Crippen LogP contribution in [-0.4, -0.2) is 11.1 Å². The third-order valence-corrected chi connectivity index (χ3v) is 4.81. The van der Waals surface area contributed by atoms with E-state index in [2.05, 4.69) is 47.2 Å². The van der Waals surface area contributed by atoms with Crippen LogP contribution in [0.2, 0.25) is 0 Å². The summed E-state index contributed by atoms with van der Waals surface area (Å²) in [6.45, 7) is 4.21. The van der Waals surface area contributed by atoms with Crippen LogP contribution in [0.25, 0.3) is 0 Å². The Morgan fingerprint density at radius 2 is 2.16 bits per heavy atom. The Balaban J connectivity index is 1.85. The summed E-state index contributed by atoms with van der Waals surface area (Å²) >= 11 is 5.20. The number of thiophene rings is 1. The van der Waals surface area contributed by atoms with Gasteiger partial charge in [0.15, 0.2) is 0 Å². The van der Waals surface area contributed by atoms with Gasteiger partial charge in [-0.3, -0.25) is 0 Å². The third-order valence-electron chi connectivity index (χ3n) is 3.00. The second-order valence-electron chi connectivity index (χ2n) is 4.70. The van der Waals surface area contributed by atoms with Gasteiger partial charge in [-0.1, -0.05) is 0 Å². The molecule has 0 bridgehead atoms. The molecule has 0 fully saturated rings. The van der Waals surface area contributed by atoms with Gasteiger partial charge in [-0.2, -0.15) is 0 Å². The van der Waals surface area contributed by atoms with E-state index in [1.54, 1.807) is 29.7 Å². The molecule has 2 heterocycles. The van der Waals surface area contributed by atoms with Crippen molar-refractivity contribution in [2.24, 2.45) is 0 Å². The molecule has 2 aromatic heterocycles. The maximum atomic E-state index is 10.0. The number of halogens is 1. The number of furan rings is 1. The summed E-state index contributed by atoms with van der Waals surface area (Å²) in [5.41, 5.74) is 0. The van der Waals surface area contributed by atoms with E-state index in [0.717, 1.165) is 3.79 Å². The highest BCUT2D eigenvalue weighted by Gasteiger charge is 2.17. The molecule has 104 valence electrons. The lowest BCUT2D eigenvalue weighted by molar-refractivity contribution is 0.127. The minimum Gasteiger partial charge on any atom is -0.467 e. The first-order valence-corrected chi connectivity index (χ1v) is 7.90. The third kappa shape index (κ3) is 4.18. The second-order valence-corrected chi connectivity index (χ2v) is 7.19. The average Bonchev–Trinajstić information content (AvgIpc) is 2.98. The van der Waals surface area contributed by atoms with Gasteiger partial charge in [0.05, 0.1) is 10.0 Å². The number of hydrogen-bond acceptors (Lipinski definition) is 4. The SMILES string of the molecule is CC(CC(O)c1ccco1)NC(C)c1ccc(Br)s1. The van der Waals surface area contributed by atoms with Gasteiger partial charge in [0.25, 0.3) is 0 Å². The number of hydrogen-bond donors (Lipinski definition) is 2. The van der Waals surface area contributed by atoms with Crippen LogP contribution in [0.1, 0.15) is 43.1 Å². The van der Waals surface area contributed by atoms with Crippen molar-refractivity contribution in [3.05, 3.63) is 45.0 Å². The Kier molecular flexibility index (Phi) is 5.21. The summed E-state index contributed by atoms with van der Waals surface area (Å²) in [4.78, 5) is 1.28. The number of aliphatic hydroxyl groups is 1. The molecule has 0 aromatic carbocycles. The zero-order valence-electron chi connectivity index (χ0n) is 11.0. The van der Waals surface area contributed by atoms with E-state index >= 15 is 0 Å². The van der Waals surface area contributed by atoms with E-state index in [1.165, 1.54) is 4.88 Å². The molecule has 0 aliphatic heterocycles. The lowest BCUT2D eigenvalue weighted by Gasteiger charge is -2.21. The molecule has 3 atom stereocenters. The summed E-state index contributed by atoms with van der Waals surface area (Å²) in [7, 11) is 0. The molecule has 3 nitrogen and oxygen atoms in total. The topological polar surface area (TPSA) is 45.4 Å². The standard InChI is InChI=1S/C14H18BrNO2S/c1-9(8-11(17)12-4-3-7-18-12)16-10(2)13-5-6-14(15)19-13/h3-7,9-11,16-17H,8H2,1-2H3. The minimum atomic E-state index is -0.556. The highest BCUT2D eigenvalue weighted by molar-refractivity contribution is 9.11. The summed E-state index contributed by atoms with van der Waals surface area (Å²) < 4.78 is 6.35. The monoisotopic (exact) mass is 343 g/mol. The van der Waals surface area contributed by atoms with E-state index < -0.39 is 6.10 Å². The van der Waals surface area contributed by atoms with Gasteiger partial charge < -0.3 is 14.8 Å². The van der Waals surface area contributed by atoms with Gasteiger partial charge in [0.1, 0.15) is 11.9 Å². The molecule has 0 aliphatic carbocycles. The number of aliphatic hydroxyl groups excluding tert-OH is 1. The predicted molar refractivity (Wildman–Crippen MR) is 81.3 cm³/mol. The first kappa shape index (κ1) is 14.8. The lowest BCUT2D eigenvalue weighted by atomic mass is 10.1. The van der Waals surface area contributed by atoms with Crippen molar-refractivity contribution in [1.29, 1.82) is 0 Å². The Hall–Kier alpha value is -0.620. The van der Waals surface area contributed by atoms with Gasteiger partial charge in [-0.25, -0.2) is 0 Å². The molecular weight excluding hydrogens is 326 g/mol. The van der Waals surface area contributed by atoms with Crippen molar-refractivity contribution < 1.29 is 9.52 Å². The Morgan fingerprint density at radius 1 is 1.37 bits per heavy atom. The quantitative estimate of drug-likeness (QED) is 0.823. The summed E-state index contributed by atoms with van der Waals surface area (Å²) in [5.74, 6) is 0.625. The number of nitrogens with one attached hydrogen (secondary N) is 1. The van der Waals surface area contributed by atoms with Gasteiger partial charge in [-0.05, 0) is 60.5 Å². The van der Waals surface area contributed by atoms with Crippen molar-refractivity contribution >= 4 is 27.3 Å². The average molecular weight is 344 g/mol. The van der Waals surface area contributed by atoms with Crippen LogP contribution in [-0.2, 0) is 0 Å². The van der Waals surface area contributed by atoms with Gasteiger partial charge in [-0.15, -0.1) is 11.3 Å². The molecular formula is C14H18BrNO2S. The molecule has 2 aromatic rings. The zero-order chi connectivity index (χ0) is 13.8. The van der Waals surface area contributed by atoms with E-state index in [0.29, 0.717) is 12.2 Å². The Labute approximate surface area is 125 Å². The van der Waals surface area contributed by atoms with Crippen molar-refractivity contribution in [2.45, 2.75) is 38.5 Å². The summed E-state index contributed by atoms with van der Waals surface area (Å²) in [6.07, 6.45) is 1.66. The molecule has 3 unspecified atom stereocenters. The molecule has 0 saturated carbocycles. The van der Waals surface area contributed by atoms with Crippen molar-refractivity contribution in [3.63, 3.8) is 0 Å². The van der Waals surface area contributed by atoms with Crippen LogP contribution in [0, 0.1) is 0 Å². The molecule has 2 N–H and O–H groups in total. The molecule has 0 amide bonds. The minimum absolute atomic E-state index is 0.205. The normalized spacial score (nSPS) is 16.2. The fourth-order valence-electron chi connectivity index (χ4n) is 2.07. The molecule has 0 radical (unpaired) electrons. The van der Waals surface area contributed by atoms with Crippen molar-refractivity contribution in [3.8, 4) is 0 Å². The maximum Gasteiger partial charge on any atom is 0.132 e. The highest BCUT2D eigenvalue weighted by Crippen LogP contribution is 2.28. The van der Waals surface area contributed by atoms with Crippen LogP contribution < -0.4 is 5.32 Å². The fourth-order valence-corrected chi connectivity index (χ4v) is 3.50. The van der Waals surface area contributed by atoms with Crippen LogP contribution in [0.5, 0.6) is 0 Å². The predicted octanol–water partition coefficient (Wildman–Crippen LogP) is 4.27. The molecule has 19 heavy (non-hydrogen) atoms. The van der Waals surface area contributed by atoms with Crippen LogP contribution in [0.15, 0.2) is 38.7 Å². The zero-order valence-corrected chi connectivity index (χ0v) is 13.4. The van der Waals surface area contributed by atoms with E-state index in [9.17, 15) is 5.11 Å². The second kappa shape index (κ2) is 6.70. The summed E-state index contributed by atoms with van der Waals surface area (Å²) in [5, 5.41) is 13.5. The van der Waals surface area contributed by atoms with Gasteiger partial charge in [0, 0.05) is 17.0 Å². The first-order valence-electron chi connectivity index (χ1n) is 6.29. The molecule has 0 aliphatic rings. The van der Waals surface area contributed by atoms with E-state index in [1.807, 2.05) is 0 Å².